The normalized spacial score (nSPS) is 10.1. The van der Waals surface area contributed by atoms with Crippen molar-refractivity contribution >= 4 is 11.7 Å². The Morgan fingerprint density at radius 1 is 1.38 bits per heavy atom. The zero-order valence-corrected chi connectivity index (χ0v) is 11.1. The molecule has 0 bridgehead atoms. The molecule has 1 aromatic carbocycles. The van der Waals surface area contributed by atoms with Crippen LogP contribution in [0.15, 0.2) is 36.7 Å². The van der Waals surface area contributed by atoms with E-state index in [1.807, 2.05) is 6.92 Å². The molecule has 1 aromatic heterocycles. The van der Waals surface area contributed by atoms with E-state index in [1.165, 1.54) is 24.4 Å². The number of aromatic nitrogens is 1. The molecule has 7 heteroatoms. The zero-order chi connectivity index (χ0) is 15.4. The van der Waals surface area contributed by atoms with Crippen molar-refractivity contribution in [3.8, 4) is 11.5 Å². The van der Waals surface area contributed by atoms with Gasteiger partial charge in [0.05, 0.1) is 4.92 Å². The van der Waals surface area contributed by atoms with Gasteiger partial charge in [-0.05, 0) is 18.1 Å². The average Bonchev–Trinajstić information content (AvgIpc) is 2.47. The number of aromatic carboxylic acids is 1. The van der Waals surface area contributed by atoms with Crippen molar-refractivity contribution in [1.82, 2.24) is 4.98 Å². The molecular weight excluding hydrogens is 276 g/mol. The van der Waals surface area contributed by atoms with E-state index in [2.05, 4.69) is 4.98 Å². The average molecular weight is 288 g/mol. The highest BCUT2D eigenvalue weighted by Gasteiger charge is 2.19. The minimum atomic E-state index is -1.22. The van der Waals surface area contributed by atoms with Gasteiger partial charge in [-0.3, -0.25) is 15.1 Å². The third-order valence-corrected chi connectivity index (χ3v) is 2.86. The number of hydrogen-bond acceptors (Lipinski definition) is 5. The lowest BCUT2D eigenvalue weighted by Crippen LogP contribution is -2.02. The Morgan fingerprint density at radius 2 is 2.14 bits per heavy atom. The van der Waals surface area contributed by atoms with Crippen molar-refractivity contribution in [3.05, 3.63) is 57.9 Å². The lowest BCUT2D eigenvalue weighted by Gasteiger charge is -2.09. The monoisotopic (exact) mass is 288 g/mol. The molecule has 0 aliphatic carbocycles. The number of nitro groups is 1. The van der Waals surface area contributed by atoms with Gasteiger partial charge in [-0.15, -0.1) is 0 Å². The molecular formula is C14H12N2O5. The van der Waals surface area contributed by atoms with Crippen LogP contribution in [-0.2, 0) is 6.42 Å². The van der Waals surface area contributed by atoms with Gasteiger partial charge in [-0.1, -0.05) is 13.0 Å². The molecule has 1 N–H and O–H groups in total. The molecule has 0 amide bonds. The molecule has 0 radical (unpaired) electrons. The van der Waals surface area contributed by atoms with E-state index in [0.29, 0.717) is 6.42 Å². The van der Waals surface area contributed by atoms with E-state index in [0.717, 1.165) is 11.8 Å². The lowest BCUT2D eigenvalue weighted by atomic mass is 10.1. The van der Waals surface area contributed by atoms with Crippen LogP contribution in [-0.4, -0.2) is 21.0 Å². The van der Waals surface area contributed by atoms with Crippen molar-refractivity contribution in [2.45, 2.75) is 13.3 Å². The Hall–Kier alpha value is -2.96. The Bertz CT molecular complexity index is 700. The van der Waals surface area contributed by atoms with Gasteiger partial charge in [0.1, 0.15) is 11.3 Å². The second-order valence-electron chi connectivity index (χ2n) is 4.19. The SMILES string of the molecule is CCc1ccc(Oc2ccncc2C(=O)O)c([N+](=O)[O-])c1. The first-order chi connectivity index (χ1) is 10.0. The quantitative estimate of drug-likeness (QED) is 0.670. The van der Waals surface area contributed by atoms with E-state index < -0.39 is 10.9 Å². The molecule has 0 fully saturated rings. The number of aryl methyl sites for hydroxylation is 1. The van der Waals surface area contributed by atoms with Crippen molar-refractivity contribution in [3.63, 3.8) is 0 Å². The number of ether oxygens (including phenoxy) is 1. The summed E-state index contributed by atoms with van der Waals surface area (Å²) in [5.74, 6) is -1.22. The van der Waals surface area contributed by atoms with Crippen molar-refractivity contribution in [1.29, 1.82) is 0 Å². The van der Waals surface area contributed by atoms with Crippen LogP contribution in [0, 0.1) is 10.1 Å². The number of carbonyl (C=O) groups is 1. The molecule has 2 aromatic rings. The van der Waals surface area contributed by atoms with Gasteiger partial charge >= 0.3 is 11.7 Å². The molecule has 0 atom stereocenters. The van der Waals surface area contributed by atoms with E-state index in [4.69, 9.17) is 9.84 Å². The highest BCUT2D eigenvalue weighted by molar-refractivity contribution is 5.90. The lowest BCUT2D eigenvalue weighted by molar-refractivity contribution is -0.385. The third-order valence-electron chi connectivity index (χ3n) is 2.86. The van der Waals surface area contributed by atoms with Gasteiger partial charge in [0.2, 0.25) is 5.75 Å². The minimum Gasteiger partial charge on any atom is -0.477 e. The first-order valence-corrected chi connectivity index (χ1v) is 6.15. The molecule has 0 unspecified atom stereocenters. The Balaban J connectivity index is 2.45. The summed E-state index contributed by atoms with van der Waals surface area (Å²) in [4.78, 5) is 25.3. The second-order valence-corrected chi connectivity index (χ2v) is 4.19. The number of carboxylic acid groups (broad SMARTS) is 1. The van der Waals surface area contributed by atoms with Crippen molar-refractivity contribution < 1.29 is 19.6 Å². The number of carboxylic acids is 1. The topological polar surface area (TPSA) is 103 Å². The number of benzene rings is 1. The molecule has 0 saturated carbocycles. The van der Waals surface area contributed by atoms with Gasteiger partial charge in [0.25, 0.3) is 0 Å². The number of nitro benzene ring substituents is 1. The maximum absolute atomic E-state index is 11.1. The highest BCUT2D eigenvalue weighted by Crippen LogP contribution is 2.33. The fourth-order valence-corrected chi connectivity index (χ4v) is 1.76. The molecule has 0 aliphatic heterocycles. The van der Waals surface area contributed by atoms with Crippen LogP contribution in [0.1, 0.15) is 22.8 Å². The van der Waals surface area contributed by atoms with Gasteiger partial charge in [0.15, 0.2) is 0 Å². The number of nitrogens with zero attached hydrogens (tertiary/aromatic N) is 2. The maximum Gasteiger partial charge on any atom is 0.341 e. The van der Waals surface area contributed by atoms with Gasteiger partial charge in [-0.2, -0.15) is 0 Å². The zero-order valence-electron chi connectivity index (χ0n) is 11.1. The highest BCUT2D eigenvalue weighted by atomic mass is 16.6. The van der Waals surface area contributed by atoms with Crippen LogP contribution < -0.4 is 4.74 Å². The van der Waals surface area contributed by atoms with Crippen LogP contribution in [0.5, 0.6) is 11.5 Å². The number of rotatable bonds is 5. The maximum atomic E-state index is 11.1. The summed E-state index contributed by atoms with van der Waals surface area (Å²) < 4.78 is 5.40. The van der Waals surface area contributed by atoms with E-state index >= 15 is 0 Å². The summed E-state index contributed by atoms with van der Waals surface area (Å²) in [5.41, 5.74) is 0.427. The van der Waals surface area contributed by atoms with E-state index in [9.17, 15) is 14.9 Å². The fourth-order valence-electron chi connectivity index (χ4n) is 1.76. The summed E-state index contributed by atoms with van der Waals surface area (Å²) in [6.45, 7) is 1.88. The molecule has 0 spiro atoms. The summed E-state index contributed by atoms with van der Waals surface area (Å²) in [7, 11) is 0. The van der Waals surface area contributed by atoms with E-state index in [1.54, 1.807) is 6.07 Å². The van der Waals surface area contributed by atoms with Gasteiger partial charge in [-0.25, -0.2) is 4.79 Å². The third kappa shape index (κ3) is 3.14. The fraction of sp³-hybridized carbons (Fsp3) is 0.143. The Kier molecular flexibility index (Phi) is 4.13. The molecule has 2 rings (SSSR count). The molecule has 7 nitrogen and oxygen atoms in total. The smallest absolute Gasteiger partial charge is 0.341 e. The molecule has 108 valence electrons. The largest absolute Gasteiger partial charge is 0.477 e. The van der Waals surface area contributed by atoms with Crippen LogP contribution in [0.4, 0.5) is 5.69 Å². The predicted octanol–water partition coefficient (Wildman–Crippen LogP) is 3.04. The van der Waals surface area contributed by atoms with Crippen LogP contribution in [0.3, 0.4) is 0 Å². The Labute approximate surface area is 120 Å². The standard InChI is InChI=1S/C14H12N2O5/c1-2-9-3-4-13(11(7-9)16(19)20)21-12-5-6-15-8-10(12)14(17)18/h3-8H,2H2,1H3,(H,17,18). The first kappa shape index (κ1) is 14.4. The summed E-state index contributed by atoms with van der Waals surface area (Å²) in [6, 6.07) is 5.92. The van der Waals surface area contributed by atoms with E-state index in [-0.39, 0.29) is 22.7 Å². The molecule has 0 saturated heterocycles. The van der Waals surface area contributed by atoms with Crippen LogP contribution in [0.25, 0.3) is 0 Å². The first-order valence-electron chi connectivity index (χ1n) is 6.15. The van der Waals surface area contributed by atoms with Crippen molar-refractivity contribution in [2.75, 3.05) is 0 Å². The van der Waals surface area contributed by atoms with Crippen molar-refractivity contribution in [2.24, 2.45) is 0 Å². The molecule has 0 aliphatic rings. The molecule has 21 heavy (non-hydrogen) atoms. The minimum absolute atomic E-state index is 0.00449. The second kappa shape index (κ2) is 6.00. The summed E-state index contributed by atoms with van der Waals surface area (Å²) in [6.07, 6.45) is 3.13. The Morgan fingerprint density at radius 3 is 2.76 bits per heavy atom. The number of hydrogen-bond donors (Lipinski definition) is 1. The predicted molar refractivity (Wildman–Crippen MR) is 73.7 cm³/mol. The molecule has 1 heterocycles. The van der Waals surface area contributed by atoms with Gasteiger partial charge in [0, 0.05) is 24.5 Å². The van der Waals surface area contributed by atoms with Crippen LogP contribution >= 0.6 is 0 Å². The van der Waals surface area contributed by atoms with Gasteiger partial charge < -0.3 is 9.84 Å². The summed E-state index contributed by atoms with van der Waals surface area (Å²) in [5, 5.41) is 20.1. The van der Waals surface area contributed by atoms with Crippen LogP contribution in [0.2, 0.25) is 0 Å². The summed E-state index contributed by atoms with van der Waals surface area (Å²) >= 11 is 0. The number of pyridine rings is 1.